The molecule has 0 unspecified atom stereocenters. The van der Waals surface area contributed by atoms with Crippen molar-refractivity contribution in [2.45, 2.75) is 12.8 Å². The zero-order valence-electron chi connectivity index (χ0n) is 29.2. The highest BCUT2D eigenvalue weighted by Crippen LogP contribution is 2.44. The molecule has 0 amide bonds. The van der Waals surface area contributed by atoms with Crippen LogP contribution in [0.2, 0.25) is 0 Å². The maximum atomic E-state index is 3.59. The van der Waals surface area contributed by atoms with E-state index in [1.165, 1.54) is 82.0 Å². The van der Waals surface area contributed by atoms with Gasteiger partial charge in [0.2, 0.25) is 0 Å². The number of hydrogen-bond donors (Lipinski definition) is 1. The molecule has 0 radical (unpaired) electrons. The summed E-state index contributed by atoms with van der Waals surface area (Å²) < 4.78 is 0. The number of nitrogens with one attached hydrogen (secondary N) is 1. The first-order valence-electron chi connectivity index (χ1n) is 18.4. The lowest BCUT2D eigenvalue weighted by atomic mass is 9.85. The minimum absolute atomic E-state index is 0.880. The lowest BCUT2D eigenvalue weighted by Crippen LogP contribution is -1.98. The van der Waals surface area contributed by atoms with Crippen molar-refractivity contribution in [3.63, 3.8) is 0 Å². The van der Waals surface area contributed by atoms with Gasteiger partial charge in [-0.2, -0.15) is 0 Å². The molecule has 1 N–H and O–H groups in total. The van der Waals surface area contributed by atoms with Gasteiger partial charge in [-0.3, -0.25) is 0 Å². The van der Waals surface area contributed by atoms with Crippen molar-refractivity contribution in [2.24, 2.45) is 0 Å². The third-order valence-corrected chi connectivity index (χ3v) is 10.7. The van der Waals surface area contributed by atoms with E-state index in [-0.39, 0.29) is 0 Å². The molecule has 0 heterocycles. The van der Waals surface area contributed by atoms with Gasteiger partial charge in [0.25, 0.3) is 0 Å². The molecule has 0 saturated heterocycles. The van der Waals surface area contributed by atoms with Crippen LogP contribution in [-0.4, -0.2) is 0 Å². The Morgan fingerprint density at radius 1 is 0.377 bits per heavy atom. The summed E-state index contributed by atoms with van der Waals surface area (Å²) >= 11 is 0. The second kappa shape index (κ2) is 13.0. The second-order valence-corrected chi connectivity index (χ2v) is 13.8. The quantitative estimate of drug-likeness (QED) is 0.137. The standard InChI is InChI=1S/C52H35N/c1-3-15-35(16-4-1)49-41-19-7-11-23-45(41)51(46-24-12-8-20-42(46)49)37-27-31-39(32-28-37)53-40-33-29-38(30-34-40)52-47-25-13-9-21-43(47)50(36-17-5-2-6-18-36)44-22-10-14-26-48(44)52/h1,3-5,7-27,29-31,33-34,53H,2,6H2. The summed E-state index contributed by atoms with van der Waals surface area (Å²) in [6.07, 6.45) is 13.5. The molecule has 1 heteroatoms. The second-order valence-electron chi connectivity index (χ2n) is 13.8. The molecule has 2 aliphatic rings. The van der Waals surface area contributed by atoms with E-state index in [4.69, 9.17) is 0 Å². The highest BCUT2D eigenvalue weighted by Gasteiger charge is 2.19. The van der Waals surface area contributed by atoms with Crippen LogP contribution in [0.4, 0.5) is 5.69 Å². The first-order chi connectivity index (χ1) is 26.3. The Labute approximate surface area is 309 Å². The Balaban J connectivity index is 1.04. The highest BCUT2D eigenvalue weighted by molar-refractivity contribution is 6.20. The molecular formula is C52H35N. The van der Waals surface area contributed by atoms with Gasteiger partial charge in [0.1, 0.15) is 0 Å². The molecule has 0 fully saturated rings. The normalized spacial score (nSPS) is 13.8. The fourth-order valence-corrected chi connectivity index (χ4v) is 8.36. The van der Waals surface area contributed by atoms with Crippen molar-refractivity contribution in [3.8, 4) is 22.3 Å². The molecule has 0 saturated carbocycles. The lowest BCUT2D eigenvalue weighted by molar-refractivity contribution is 1.04. The molecule has 0 atom stereocenters. The van der Waals surface area contributed by atoms with E-state index < -0.39 is 0 Å². The molecule has 0 spiro atoms. The fraction of sp³-hybridized carbons (Fsp3) is 0.0385. The van der Waals surface area contributed by atoms with E-state index in [9.17, 15) is 0 Å². The predicted octanol–water partition coefficient (Wildman–Crippen LogP) is 14.1. The maximum absolute atomic E-state index is 3.59. The largest absolute Gasteiger partial charge is 0.349 e. The number of anilines is 1. The van der Waals surface area contributed by atoms with E-state index in [1.54, 1.807) is 0 Å². The molecule has 10 rings (SSSR count). The Hall–Kier alpha value is -6.88. The first kappa shape index (κ1) is 30.9. The van der Waals surface area contributed by atoms with Crippen LogP contribution in [0, 0.1) is 0 Å². The Bertz CT molecular complexity index is 2850. The van der Waals surface area contributed by atoms with Gasteiger partial charge >= 0.3 is 0 Å². The topological polar surface area (TPSA) is 12.0 Å². The van der Waals surface area contributed by atoms with Crippen LogP contribution in [0.15, 0.2) is 199 Å². The Morgan fingerprint density at radius 3 is 1.32 bits per heavy atom. The first-order valence-corrected chi connectivity index (χ1v) is 18.4. The number of hydrogen-bond acceptors (Lipinski definition) is 1. The monoisotopic (exact) mass is 673 g/mol. The number of rotatable bonds is 6. The molecule has 248 valence electrons. The van der Waals surface area contributed by atoms with Crippen LogP contribution in [0.3, 0.4) is 0 Å². The minimum atomic E-state index is 0.880. The van der Waals surface area contributed by atoms with Gasteiger partial charge in [-0.05, 0) is 119 Å². The third-order valence-electron chi connectivity index (χ3n) is 10.7. The van der Waals surface area contributed by atoms with Gasteiger partial charge in [0.15, 0.2) is 0 Å². The van der Waals surface area contributed by atoms with Gasteiger partial charge in [-0.25, -0.2) is 0 Å². The maximum Gasteiger partial charge on any atom is 0.0901 e. The van der Waals surface area contributed by atoms with Crippen molar-refractivity contribution in [1.29, 1.82) is 0 Å². The summed E-state index contributed by atoms with van der Waals surface area (Å²) in [7, 11) is 0. The van der Waals surface area contributed by atoms with Gasteiger partial charge in [-0.1, -0.05) is 163 Å². The molecule has 1 nitrogen and oxygen atoms in total. The zero-order valence-corrected chi connectivity index (χ0v) is 29.2. The summed E-state index contributed by atoms with van der Waals surface area (Å²) in [5.74, 6) is 0. The molecule has 0 bridgehead atoms. The molecule has 0 aromatic heterocycles. The average Bonchev–Trinajstić information content (AvgIpc) is 3.23. The van der Waals surface area contributed by atoms with Gasteiger partial charge in [0, 0.05) is 16.8 Å². The van der Waals surface area contributed by atoms with Crippen molar-refractivity contribution >= 4 is 59.9 Å². The van der Waals surface area contributed by atoms with Crippen LogP contribution in [0.5, 0.6) is 0 Å². The Morgan fingerprint density at radius 2 is 0.849 bits per heavy atom. The summed E-state index contributed by atoms with van der Waals surface area (Å²) in [5.41, 5.74) is 18.7. The van der Waals surface area contributed by atoms with Crippen LogP contribution in [0.25, 0.3) is 76.5 Å². The molecular weight excluding hydrogens is 639 g/mol. The highest BCUT2D eigenvalue weighted by atomic mass is 14.9. The summed E-state index contributed by atoms with van der Waals surface area (Å²) in [5, 5.41) is 13.6. The summed E-state index contributed by atoms with van der Waals surface area (Å²) in [6.45, 7) is 0. The summed E-state index contributed by atoms with van der Waals surface area (Å²) in [6, 6.07) is 54.7. The average molecular weight is 674 g/mol. The molecule has 8 aromatic carbocycles. The van der Waals surface area contributed by atoms with Crippen molar-refractivity contribution in [3.05, 3.63) is 210 Å². The summed E-state index contributed by atoms with van der Waals surface area (Å²) in [4.78, 5) is 0. The van der Waals surface area contributed by atoms with Gasteiger partial charge < -0.3 is 5.32 Å². The lowest BCUT2D eigenvalue weighted by Gasteiger charge is -2.19. The molecule has 53 heavy (non-hydrogen) atoms. The van der Waals surface area contributed by atoms with Crippen LogP contribution in [0.1, 0.15) is 24.0 Å². The molecule has 2 aliphatic carbocycles. The van der Waals surface area contributed by atoms with E-state index >= 15 is 0 Å². The van der Waals surface area contributed by atoms with E-state index in [0.717, 1.165) is 29.8 Å². The van der Waals surface area contributed by atoms with Crippen molar-refractivity contribution in [2.75, 3.05) is 5.32 Å². The van der Waals surface area contributed by atoms with Crippen LogP contribution < -0.4 is 5.32 Å². The number of fused-ring (bicyclic) bond motifs is 4. The number of benzene rings is 8. The van der Waals surface area contributed by atoms with E-state index in [1.807, 2.05) is 0 Å². The fourth-order valence-electron chi connectivity index (χ4n) is 8.36. The molecule has 8 aromatic rings. The van der Waals surface area contributed by atoms with Crippen LogP contribution >= 0.6 is 0 Å². The molecule has 0 aliphatic heterocycles. The van der Waals surface area contributed by atoms with Crippen molar-refractivity contribution in [1.82, 2.24) is 0 Å². The van der Waals surface area contributed by atoms with Crippen molar-refractivity contribution < 1.29 is 0 Å². The minimum Gasteiger partial charge on any atom is -0.349 e. The zero-order chi connectivity index (χ0) is 35.1. The third kappa shape index (κ3) is 5.36. The Kier molecular flexibility index (Phi) is 7.59. The van der Waals surface area contributed by atoms with Gasteiger partial charge in [0.05, 0.1) is 5.70 Å². The predicted molar refractivity (Wildman–Crippen MR) is 227 cm³/mol. The van der Waals surface area contributed by atoms with Gasteiger partial charge in [-0.15, -0.1) is 0 Å². The number of allylic oxidation sites excluding steroid dienone is 7. The smallest absolute Gasteiger partial charge is 0.0901 e. The SMILES string of the molecule is C1=C=C(c2c3ccccc3c(-c3ccccc3)c3ccccc23)C=CC=1Nc1ccc(-c2c3ccccc3c(C3=CCCC=C3)c3ccccc23)cc1. The van der Waals surface area contributed by atoms with E-state index in [2.05, 4.69) is 199 Å². The van der Waals surface area contributed by atoms with E-state index in [0.29, 0.717) is 0 Å². The van der Waals surface area contributed by atoms with Crippen LogP contribution in [-0.2, 0) is 0 Å².